The van der Waals surface area contributed by atoms with E-state index in [0.29, 0.717) is 34.0 Å². The lowest BCUT2D eigenvalue weighted by Gasteiger charge is -2.33. The number of hydrogen-bond acceptors (Lipinski definition) is 5. The van der Waals surface area contributed by atoms with E-state index in [2.05, 4.69) is 5.32 Å². The van der Waals surface area contributed by atoms with E-state index < -0.39 is 15.9 Å². The molecule has 0 bridgehead atoms. The quantitative estimate of drug-likeness (QED) is 0.521. The largest absolute Gasteiger partial charge is 0.493 e. The summed E-state index contributed by atoms with van der Waals surface area (Å²) in [7, 11) is -1.20. The van der Waals surface area contributed by atoms with Crippen molar-refractivity contribution in [3.8, 4) is 11.5 Å². The average Bonchev–Trinajstić information content (AvgIpc) is 2.83. The standard InChI is InChI=1S/C27H28N2O5S/c1-17-11-12-18(2)22(13-17)28-27(30)26-19(3)21-14-24(33-4)25(34-5)15-23(21)29(35(26,31)32)16-20-9-7-6-8-10-20/h6-15H,16H2,1-5H3,(H,28,30). The average molecular weight is 493 g/mol. The zero-order valence-electron chi connectivity index (χ0n) is 20.4. The monoisotopic (exact) mass is 492 g/mol. The van der Waals surface area contributed by atoms with Crippen molar-refractivity contribution in [2.75, 3.05) is 23.8 Å². The number of sulfonamides is 1. The molecule has 0 aromatic heterocycles. The molecule has 0 atom stereocenters. The summed E-state index contributed by atoms with van der Waals surface area (Å²) in [6, 6.07) is 18.2. The first kappa shape index (κ1) is 24.3. The van der Waals surface area contributed by atoms with Gasteiger partial charge in [-0.3, -0.25) is 9.10 Å². The Morgan fingerprint density at radius 3 is 2.23 bits per heavy atom. The molecule has 0 unspecified atom stereocenters. The van der Waals surface area contributed by atoms with Crippen LogP contribution < -0.4 is 19.1 Å². The zero-order valence-corrected chi connectivity index (χ0v) is 21.2. The molecule has 1 heterocycles. The van der Waals surface area contributed by atoms with Crippen LogP contribution >= 0.6 is 0 Å². The number of rotatable bonds is 6. The van der Waals surface area contributed by atoms with Crippen LogP contribution in [0.25, 0.3) is 5.57 Å². The third-order valence-corrected chi connectivity index (χ3v) is 7.99. The highest BCUT2D eigenvalue weighted by Crippen LogP contribution is 2.45. The predicted molar refractivity (Wildman–Crippen MR) is 138 cm³/mol. The molecule has 0 aliphatic carbocycles. The number of nitrogens with zero attached hydrogens (tertiary/aromatic N) is 1. The highest BCUT2D eigenvalue weighted by atomic mass is 32.2. The summed E-state index contributed by atoms with van der Waals surface area (Å²) in [5, 5.41) is 2.81. The van der Waals surface area contributed by atoms with Crippen molar-refractivity contribution in [2.24, 2.45) is 0 Å². The van der Waals surface area contributed by atoms with Gasteiger partial charge in [0, 0.05) is 17.3 Å². The van der Waals surface area contributed by atoms with Gasteiger partial charge >= 0.3 is 0 Å². The third kappa shape index (κ3) is 4.49. The lowest BCUT2D eigenvalue weighted by atomic mass is 10.0. The maximum atomic E-state index is 14.0. The lowest BCUT2D eigenvalue weighted by Crippen LogP contribution is -2.39. The first-order valence-electron chi connectivity index (χ1n) is 11.1. The Kier molecular flexibility index (Phi) is 6.58. The number of hydrogen-bond donors (Lipinski definition) is 1. The summed E-state index contributed by atoms with van der Waals surface area (Å²) in [6.07, 6.45) is 0. The van der Waals surface area contributed by atoms with Gasteiger partial charge in [0.1, 0.15) is 0 Å². The van der Waals surface area contributed by atoms with Gasteiger partial charge in [0.15, 0.2) is 16.4 Å². The van der Waals surface area contributed by atoms with Crippen LogP contribution in [0, 0.1) is 13.8 Å². The molecule has 1 amide bonds. The Labute approximate surface area is 206 Å². The normalized spacial score (nSPS) is 14.4. The van der Waals surface area contributed by atoms with Crippen LogP contribution in [-0.4, -0.2) is 28.5 Å². The van der Waals surface area contributed by atoms with Gasteiger partial charge in [-0.15, -0.1) is 0 Å². The van der Waals surface area contributed by atoms with Gasteiger partial charge < -0.3 is 14.8 Å². The second kappa shape index (κ2) is 9.46. The van der Waals surface area contributed by atoms with Crippen molar-refractivity contribution in [1.82, 2.24) is 0 Å². The molecule has 3 aromatic carbocycles. The molecule has 35 heavy (non-hydrogen) atoms. The Morgan fingerprint density at radius 1 is 0.914 bits per heavy atom. The van der Waals surface area contributed by atoms with Crippen LogP contribution in [0.1, 0.15) is 29.2 Å². The van der Waals surface area contributed by atoms with Gasteiger partial charge in [0.2, 0.25) is 0 Å². The molecule has 7 nitrogen and oxygen atoms in total. The number of ether oxygens (including phenoxy) is 2. The smallest absolute Gasteiger partial charge is 0.270 e. The Morgan fingerprint density at radius 2 is 1.57 bits per heavy atom. The van der Waals surface area contributed by atoms with Gasteiger partial charge in [-0.1, -0.05) is 42.5 Å². The minimum atomic E-state index is -4.21. The molecular weight excluding hydrogens is 464 g/mol. The Hall–Kier alpha value is -3.78. The molecular formula is C27H28N2O5S. The fourth-order valence-electron chi connectivity index (χ4n) is 4.19. The SMILES string of the molecule is COc1cc2c(cc1OC)N(Cc1ccccc1)S(=O)(=O)C(C(=O)Nc1cc(C)ccc1C)=C2C. The summed E-state index contributed by atoms with van der Waals surface area (Å²) in [4.78, 5) is 13.2. The highest BCUT2D eigenvalue weighted by Gasteiger charge is 2.40. The van der Waals surface area contributed by atoms with Crippen molar-refractivity contribution in [1.29, 1.82) is 0 Å². The fraction of sp³-hybridized carbons (Fsp3) is 0.222. The molecule has 0 spiro atoms. The number of nitrogens with one attached hydrogen (secondary N) is 1. The second-order valence-electron chi connectivity index (χ2n) is 8.45. The van der Waals surface area contributed by atoms with Crippen LogP contribution in [0.2, 0.25) is 0 Å². The van der Waals surface area contributed by atoms with Crippen LogP contribution in [0.15, 0.2) is 65.6 Å². The third-order valence-electron chi connectivity index (χ3n) is 6.08. The molecule has 1 aliphatic heterocycles. The maximum Gasteiger partial charge on any atom is 0.270 e. The van der Waals surface area contributed by atoms with Gasteiger partial charge in [-0.25, -0.2) is 8.42 Å². The second-order valence-corrected chi connectivity index (χ2v) is 10.2. The van der Waals surface area contributed by atoms with Crippen LogP contribution in [0.3, 0.4) is 0 Å². The summed E-state index contributed by atoms with van der Waals surface area (Å²) in [5.74, 6) is 0.157. The Balaban J connectivity index is 1.90. The summed E-state index contributed by atoms with van der Waals surface area (Å²) in [6.45, 7) is 5.47. The topological polar surface area (TPSA) is 84.9 Å². The molecule has 8 heteroatoms. The van der Waals surface area contributed by atoms with E-state index in [1.54, 1.807) is 19.1 Å². The molecule has 182 valence electrons. The number of methoxy groups -OCH3 is 2. The van der Waals surface area contributed by atoms with E-state index >= 15 is 0 Å². The fourth-order valence-corrected chi connectivity index (χ4v) is 5.92. The molecule has 0 saturated carbocycles. The van der Waals surface area contributed by atoms with Gasteiger partial charge in [-0.05, 0) is 55.2 Å². The number of benzene rings is 3. The Bertz CT molecular complexity index is 1430. The molecule has 4 rings (SSSR count). The summed E-state index contributed by atoms with van der Waals surface area (Å²) >= 11 is 0. The zero-order chi connectivity index (χ0) is 25.3. The van der Waals surface area contributed by atoms with Crippen LogP contribution in [0.5, 0.6) is 11.5 Å². The summed E-state index contributed by atoms with van der Waals surface area (Å²) in [5.41, 5.74) is 4.49. The molecule has 1 aliphatic rings. The van der Waals surface area contributed by atoms with E-state index in [1.165, 1.54) is 18.5 Å². The number of carbonyl (C=O) groups excluding carboxylic acids is 1. The molecule has 3 aromatic rings. The minimum Gasteiger partial charge on any atom is -0.493 e. The van der Waals surface area contributed by atoms with E-state index in [0.717, 1.165) is 16.7 Å². The van der Waals surface area contributed by atoms with Gasteiger partial charge in [0.05, 0.1) is 26.5 Å². The van der Waals surface area contributed by atoms with E-state index in [9.17, 15) is 13.2 Å². The number of fused-ring (bicyclic) bond motifs is 1. The van der Waals surface area contributed by atoms with Crippen molar-refractivity contribution in [3.63, 3.8) is 0 Å². The number of aryl methyl sites for hydroxylation is 2. The van der Waals surface area contributed by atoms with Crippen LogP contribution in [0.4, 0.5) is 11.4 Å². The number of carbonyl (C=O) groups is 1. The maximum absolute atomic E-state index is 14.0. The van der Waals surface area contributed by atoms with E-state index in [4.69, 9.17) is 9.47 Å². The summed E-state index contributed by atoms with van der Waals surface area (Å²) < 4.78 is 40.1. The molecule has 0 fully saturated rings. The van der Waals surface area contributed by atoms with E-state index in [-0.39, 0.29) is 11.4 Å². The molecule has 1 N–H and O–H groups in total. The van der Waals surface area contributed by atoms with Gasteiger partial charge in [-0.2, -0.15) is 0 Å². The van der Waals surface area contributed by atoms with Gasteiger partial charge in [0.25, 0.3) is 15.9 Å². The van der Waals surface area contributed by atoms with Crippen molar-refractivity contribution in [2.45, 2.75) is 27.3 Å². The highest BCUT2D eigenvalue weighted by molar-refractivity contribution is 7.97. The first-order chi connectivity index (χ1) is 16.7. The minimum absolute atomic E-state index is 0.0548. The predicted octanol–water partition coefficient (Wildman–Crippen LogP) is 5.04. The van der Waals surface area contributed by atoms with Crippen molar-refractivity contribution < 1.29 is 22.7 Å². The number of amides is 1. The lowest BCUT2D eigenvalue weighted by molar-refractivity contribution is -0.112. The van der Waals surface area contributed by atoms with Crippen LogP contribution in [-0.2, 0) is 21.4 Å². The first-order valence-corrected chi connectivity index (χ1v) is 12.5. The van der Waals surface area contributed by atoms with E-state index in [1.807, 2.05) is 62.4 Å². The number of allylic oxidation sites excluding steroid dienone is 1. The molecule has 0 saturated heterocycles. The number of anilines is 2. The van der Waals surface area contributed by atoms with Crippen molar-refractivity contribution >= 4 is 32.9 Å². The van der Waals surface area contributed by atoms with Crippen molar-refractivity contribution in [3.05, 3.63) is 87.8 Å². The molecule has 0 radical (unpaired) electrons.